The van der Waals surface area contributed by atoms with Gasteiger partial charge in [-0.15, -0.1) is 0 Å². The average molecular weight is 490 g/mol. The first-order valence-corrected chi connectivity index (χ1v) is 13.4. The highest BCUT2D eigenvalue weighted by Gasteiger charge is 2.65. The molecule has 2 aromatic rings. The molecule has 192 valence electrons. The van der Waals surface area contributed by atoms with E-state index in [2.05, 4.69) is 32.8 Å². The van der Waals surface area contributed by atoms with Crippen molar-refractivity contribution in [1.29, 1.82) is 0 Å². The van der Waals surface area contributed by atoms with Crippen LogP contribution in [-0.4, -0.2) is 44.6 Å². The van der Waals surface area contributed by atoms with Crippen LogP contribution in [-0.2, 0) is 16.2 Å². The van der Waals surface area contributed by atoms with Crippen molar-refractivity contribution in [1.82, 2.24) is 9.96 Å². The van der Waals surface area contributed by atoms with Crippen molar-refractivity contribution in [3.63, 3.8) is 0 Å². The number of carbonyl (C=O) groups is 2. The zero-order valence-electron chi connectivity index (χ0n) is 22.1. The third kappa shape index (κ3) is 4.35. The van der Waals surface area contributed by atoms with Gasteiger partial charge in [-0.3, -0.25) is 9.63 Å². The molecule has 1 aliphatic carbocycles. The van der Waals surface area contributed by atoms with Gasteiger partial charge in [0.25, 0.3) is 5.91 Å². The molecule has 0 bridgehead atoms. The first kappa shape index (κ1) is 25.0. The second-order valence-electron chi connectivity index (χ2n) is 12.0. The van der Waals surface area contributed by atoms with Gasteiger partial charge in [0, 0.05) is 30.5 Å². The number of carbonyl (C=O) groups excluding carboxylic acids is 2. The Labute approximate surface area is 215 Å². The summed E-state index contributed by atoms with van der Waals surface area (Å²) in [6.07, 6.45) is 7.07. The topological polar surface area (TPSA) is 53.1 Å². The summed E-state index contributed by atoms with van der Waals surface area (Å²) in [4.78, 5) is 38.3. The fraction of sp³-hybridized carbons (Fsp3) is 0.533. The van der Waals surface area contributed by atoms with Gasteiger partial charge in [0.2, 0.25) is 0 Å². The molecule has 0 aromatic heterocycles. The second-order valence-corrected chi connectivity index (χ2v) is 12.0. The number of hydroxylamine groups is 2. The number of hydrogen-bond acceptors (Lipinski definition) is 4. The molecule has 6 nitrogen and oxygen atoms in total. The predicted octanol–water partition coefficient (Wildman–Crippen LogP) is 6.31. The molecule has 2 heterocycles. The Morgan fingerprint density at radius 2 is 1.36 bits per heavy atom. The molecule has 3 amide bonds. The molecule has 3 aliphatic rings. The minimum absolute atomic E-state index is 0.131. The Bertz CT molecular complexity index is 1070. The maximum Gasteiger partial charge on any atom is 0.332 e. The van der Waals surface area contributed by atoms with E-state index in [1.54, 1.807) is 0 Å². The fourth-order valence-electron chi connectivity index (χ4n) is 6.91. The second kappa shape index (κ2) is 9.31. The Hall–Kier alpha value is -2.70. The molecule has 2 aliphatic heterocycles. The lowest BCUT2D eigenvalue weighted by Crippen LogP contribution is -2.70. The van der Waals surface area contributed by atoms with Crippen LogP contribution in [0.25, 0.3) is 0 Å². The summed E-state index contributed by atoms with van der Waals surface area (Å²) in [6, 6.07) is 19.1. The number of para-hydroxylation sites is 1. The number of imide groups is 1. The van der Waals surface area contributed by atoms with E-state index in [1.807, 2.05) is 65.6 Å². The summed E-state index contributed by atoms with van der Waals surface area (Å²) < 4.78 is 0. The Balaban J connectivity index is 1.54. The number of benzene rings is 2. The third-order valence-electron chi connectivity index (χ3n) is 8.09. The summed E-state index contributed by atoms with van der Waals surface area (Å²) in [6.45, 7) is 9.01. The van der Waals surface area contributed by atoms with Crippen molar-refractivity contribution in [3.8, 4) is 0 Å². The maximum atomic E-state index is 14.4. The molecule has 5 rings (SSSR count). The molecular weight excluding hydrogens is 450 g/mol. The Morgan fingerprint density at radius 3 is 1.94 bits per heavy atom. The van der Waals surface area contributed by atoms with E-state index in [1.165, 1.54) is 24.2 Å². The van der Waals surface area contributed by atoms with Gasteiger partial charge in [-0.25, -0.2) is 9.69 Å². The zero-order valence-corrected chi connectivity index (χ0v) is 22.1. The highest BCUT2D eigenvalue weighted by Crippen LogP contribution is 2.51. The molecule has 0 atom stereocenters. The van der Waals surface area contributed by atoms with Crippen LogP contribution in [0.4, 0.5) is 10.5 Å². The smallest absolute Gasteiger partial charge is 0.305 e. The van der Waals surface area contributed by atoms with E-state index >= 15 is 0 Å². The van der Waals surface area contributed by atoms with Crippen LogP contribution in [0, 0.1) is 0 Å². The van der Waals surface area contributed by atoms with Crippen molar-refractivity contribution in [2.75, 3.05) is 4.90 Å². The predicted molar refractivity (Wildman–Crippen MR) is 141 cm³/mol. The minimum Gasteiger partial charge on any atom is -0.305 e. The number of urea groups is 1. The number of hydrogen-bond donors (Lipinski definition) is 0. The van der Waals surface area contributed by atoms with Crippen LogP contribution in [0.2, 0.25) is 0 Å². The number of amides is 3. The molecule has 6 heteroatoms. The fourth-order valence-corrected chi connectivity index (χ4v) is 6.91. The van der Waals surface area contributed by atoms with E-state index in [9.17, 15) is 9.59 Å². The summed E-state index contributed by atoms with van der Waals surface area (Å²) in [5, 5.41) is 2.16. The lowest BCUT2D eigenvalue weighted by atomic mass is 9.69. The Morgan fingerprint density at radius 1 is 0.806 bits per heavy atom. The highest BCUT2D eigenvalue weighted by atomic mass is 16.7. The minimum atomic E-state index is -0.956. The first-order chi connectivity index (χ1) is 17.1. The van der Waals surface area contributed by atoms with Crippen LogP contribution in [0.15, 0.2) is 60.7 Å². The molecule has 0 radical (unpaired) electrons. The normalized spacial score (nSPS) is 24.0. The van der Waals surface area contributed by atoms with Gasteiger partial charge < -0.3 is 4.90 Å². The number of nitrogens with zero attached hydrogens (tertiary/aromatic N) is 3. The number of anilines is 1. The third-order valence-corrected chi connectivity index (χ3v) is 8.09. The van der Waals surface area contributed by atoms with Crippen molar-refractivity contribution in [2.45, 2.75) is 102 Å². The standard InChI is InChI=1S/C30H39N3O3/c1-28(2)21-30(22-29(3,4)33(28)36-25-18-12-7-13-19-25)26(34)32(24-16-10-6-11-17-24)27(35)31(30)20-23-14-8-5-9-15-23/h5-6,8-11,14-17,25H,7,12-13,18-22H2,1-4H3. The van der Waals surface area contributed by atoms with Crippen LogP contribution in [0.1, 0.15) is 78.2 Å². The van der Waals surface area contributed by atoms with Gasteiger partial charge in [-0.2, -0.15) is 5.06 Å². The van der Waals surface area contributed by atoms with Gasteiger partial charge in [0.05, 0.1) is 11.8 Å². The summed E-state index contributed by atoms with van der Waals surface area (Å²) >= 11 is 0. The van der Waals surface area contributed by atoms with E-state index in [0.717, 1.165) is 18.4 Å². The molecule has 2 aromatic carbocycles. The van der Waals surface area contributed by atoms with Crippen molar-refractivity contribution in [3.05, 3.63) is 66.2 Å². The molecular formula is C30H39N3O3. The van der Waals surface area contributed by atoms with Crippen molar-refractivity contribution in [2.24, 2.45) is 0 Å². The molecule has 1 saturated carbocycles. The summed E-state index contributed by atoms with van der Waals surface area (Å²) in [5.41, 5.74) is -0.209. The van der Waals surface area contributed by atoms with E-state index < -0.39 is 16.6 Å². The lowest BCUT2D eigenvalue weighted by Gasteiger charge is -2.58. The Kier molecular flexibility index (Phi) is 6.46. The van der Waals surface area contributed by atoms with E-state index in [4.69, 9.17) is 4.84 Å². The van der Waals surface area contributed by atoms with E-state index in [-0.39, 0.29) is 18.0 Å². The van der Waals surface area contributed by atoms with Crippen LogP contribution in [0.3, 0.4) is 0 Å². The molecule has 36 heavy (non-hydrogen) atoms. The summed E-state index contributed by atoms with van der Waals surface area (Å²) in [5.74, 6) is -0.131. The average Bonchev–Trinajstić information content (AvgIpc) is 3.03. The SMILES string of the molecule is CC1(C)CC2(CC(C)(C)N1OC1CCCCC1)C(=O)N(c1ccccc1)C(=O)N2Cc1ccccc1. The first-order valence-electron chi connectivity index (χ1n) is 13.4. The zero-order chi connectivity index (χ0) is 25.6. The van der Waals surface area contributed by atoms with Crippen molar-refractivity contribution < 1.29 is 14.4 Å². The van der Waals surface area contributed by atoms with Gasteiger partial charge >= 0.3 is 6.03 Å². The van der Waals surface area contributed by atoms with Crippen LogP contribution >= 0.6 is 0 Å². The van der Waals surface area contributed by atoms with Crippen LogP contribution in [0.5, 0.6) is 0 Å². The molecule has 0 unspecified atom stereocenters. The van der Waals surface area contributed by atoms with Crippen molar-refractivity contribution >= 4 is 17.6 Å². The van der Waals surface area contributed by atoms with Gasteiger partial charge in [-0.05, 0) is 58.2 Å². The van der Waals surface area contributed by atoms with Crippen LogP contribution < -0.4 is 4.90 Å². The molecule has 1 spiro atoms. The summed E-state index contributed by atoms with van der Waals surface area (Å²) in [7, 11) is 0. The number of rotatable bonds is 5. The number of piperidine rings is 1. The quantitative estimate of drug-likeness (QED) is 0.462. The molecule has 2 saturated heterocycles. The highest BCUT2D eigenvalue weighted by molar-refractivity contribution is 6.23. The van der Waals surface area contributed by atoms with Gasteiger partial charge in [0.1, 0.15) is 5.54 Å². The van der Waals surface area contributed by atoms with Gasteiger partial charge in [-0.1, -0.05) is 67.8 Å². The molecule has 3 fully saturated rings. The largest absolute Gasteiger partial charge is 0.332 e. The maximum absolute atomic E-state index is 14.4. The van der Waals surface area contributed by atoms with Gasteiger partial charge in [0.15, 0.2) is 0 Å². The monoisotopic (exact) mass is 489 g/mol. The molecule has 0 N–H and O–H groups in total. The lowest BCUT2D eigenvalue weighted by molar-refractivity contribution is -0.318. The van der Waals surface area contributed by atoms with E-state index in [0.29, 0.717) is 25.1 Å².